The molecule has 3 aromatic carbocycles. The number of carbonyl (C=O) groups excluding carboxylic acids is 4. The molecule has 0 radical (unpaired) electrons. The van der Waals surface area contributed by atoms with Crippen LogP contribution < -0.4 is 10.6 Å². The van der Waals surface area contributed by atoms with Gasteiger partial charge in [-0.15, -0.1) is 23.1 Å². The molecule has 0 bridgehead atoms. The number of carboxylic acid groups (broad SMARTS) is 1. The van der Waals surface area contributed by atoms with Crippen LogP contribution in [0.15, 0.2) is 65.6 Å². The van der Waals surface area contributed by atoms with Gasteiger partial charge in [-0.25, -0.2) is 9.59 Å². The Balaban J connectivity index is 1.31. The molecule has 12 heteroatoms. The molecule has 3 N–H and O–H groups in total. The van der Waals surface area contributed by atoms with E-state index in [-0.39, 0.29) is 29.5 Å². The molecule has 1 aliphatic rings. The van der Waals surface area contributed by atoms with Crippen LogP contribution in [0.4, 0.5) is 10.7 Å². The Morgan fingerprint density at radius 2 is 1.73 bits per heavy atom. The number of benzene rings is 3. The van der Waals surface area contributed by atoms with E-state index < -0.39 is 23.1 Å². The number of aromatic carboxylic acids is 1. The Kier molecular flexibility index (Phi) is 9.54. The first kappa shape index (κ1) is 31.7. The summed E-state index contributed by atoms with van der Waals surface area (Å²) in [4.78, 5) is 66.6. The lowest BCUT2D eigenvalue weighted by molar-refractivity contribution is -0.129. The zero-order valence-corrected chi connectivity index (χ0v) is 26.5. The van der Waals surface area contributed by atoms with E-state index in [1.54, 1.807) is 67.3 Å². The molecule has 0 fully saturated rings. The fourth-order valence-corrected chi connectivity index (χ4v) is 7.39. The number of thiophene rings is 1. The minimum atomic E-state index is -1.12. The molecular formula is C33H31N3O7S2. The van der Waals surface area contributed by atoms with Gasteiger partial charge in [0.2, 0.25) is 11.8 Å². The number of nitrogens with zero attached hydrogens (tertiary/aromatic N) is 1. The van der Waals surface area contributed by atoms with Crippen molar-refractivity contribution in [1.82, 2.24) is 4.90 Å². The maximum atomic E-state index is 13.3. The van der Waals surface area contributed by atoms with Gasteiger partial charge in [-0.05, 0) is 61.5 Å². The first-order valence-corrected chi connectivity index (χ1v) is 16.0. The normalized spacial score (nSPS) is 13.1. The van der Waals surface area contributed by atoms with E-state index >= 15 is 0 Å². The quantitative estimate of drug-likeness (QED) is 0.148. The number of rotatable bonds is 9. The number of nitrogens with one attached hydrogen (secondary N) is 2. The highest BCUT2D eigenvalue weighted by molar-refractivity contribution is 8.00. The molecule has 1 aromatic heterocycles. The monoisotopic (exact) mass is 645 g/mol. The molecule has 0 aliphatic carbocycles. The topological polar surface area (TPSA) is 142 Å². The Morgan fingerprint density at radius 1 is 1.02 bits per heavy atom. The maximum Gasteiger partial charge on any atom is 0.341 e. The highest BCUT2D eigenvalue weighted by Gasteiger charge is 2.31. The lowest BCUT2D eigenvalue weighted by atomic mass is 9.98. The first-order valence-electron chi connectivity index (χ1n) is 14.3. The van der Waals surface area contributed by atoms with E-state index in [1.165, 1.54) is 36.1 Å². The number of esters is 1. The van der Waals surface area contributed by atoms with Crippen molar-refractivity contribution in [3.8, 4) is 0 Å². The van der Waals surface area contributed by atoms with Gasteiger partial charge in [-0.1, -0.05) is 30.3 Å². The lowest BCUT2D eigenvalue weighted by Crippen LogP contribution is -2.34. The van der Waals surface area contributed by atoms with Gasteiger partial charge in [-0.2, -0.15) is 0 Å². The number of amides is 3. The Morgan fingerprint density at radius 3 is 2.42 bits per heavy atom. The van der Waals surface area contributed by atoms with Crippen LogP contribution in [0.25, 0.3) is 10.8 Å². The third-order valence-electron chi connectivity index (χ3n) is 7.37. The van der Waals surface area contributed by atoms with Gasteiger partial charge < -0.3 is 25.4 Å². The third-order valence-corrected chi connectivity index (χ3v) is 9.60. The third kappa shape index (κ3) is 6.86. The molecule has 10 nitrogen and oxygen atoms in total. The van der Waals surface area contributed by atoms with Gasteiger partial charge in [0, 0.05) is 39.9 Å². The molecule has 4 aromatic rings. The summed E-state index contributed by atoms with van der Waals surface area (Å²) in [5, 5.41) is 16.2. The first-order chi connectivity index (χ1) is 21.6. The van der Waals surface area contributed by atoms with Crippen LogP contribution in [-0.2, 0) is 27.3 Å². The second kappa shape index (κ2) is 13.5. The summed E-state index contributed by atoms with van der Waals surface area (Å²) in [7, 11) is 0. The molecular weight excluding hydrogens is 615 g/mol. The zero-order valence-electron chi connectivity index (χ0n) is 24.8. The molecule has 232 valence electrons. The van der Waals surface area contributed by atoms with Crippen LogP contribution in [0.5, 0.6) is 0 Å². The second-order valence-corrected chi connectivity index (χ2v) is 12.9. The SMILES string of the molecule is CCOC(=O)c1c(NC(=O)C(C)Sc2cccc(NC(=O)c3cccc4cccc(C(=O)O)c34)c2)sc2c1CCN(C(C)=O)C2. The molecule has 0 saturated heterocycles. The van der Waals surface area contributed by atoms with Gasteiger partial charge in [0.05, 0.1) is 29.5 Å². The van der Waals surface area contributed by atoms with Crippen molar-refractivity contribution in [2.24, 2.45) is 0 Å². The summed E-state index contributed by atoms with van der Waals surface area (Å²) < 4.78 is 5.29. The summed E-state index contributed by atoms with van der Waals surface area (Å²) >= 11 is 2.55. The van der Waals surface area contributed by atoms with Crippen molar-refractivity contribution in [3.63, 3.8) is 0 Å². The molecule has 1 unspecified atom stereocenters. The molecule has 3 amide bonds. The Hall–Kier alpha value is -4.68. The number of ether oxygens (including phenoxy) is 1. The predicted molar refractivity (Wildman–Crippen MR) is 174 cm³/mol. The smallest absolute Gasteiger partial charge is 0.341 e. The number of hydrogen-bond donors (Lipinski definition) is 3. The van der Waals surface area contributed by atoms with Crippen molar-refractivity contribution in [1.29, 1.82) is 0 Å². The molecule has 0 saturated carbocycles. The molecule has 1 atom stereocenters. The average molecular weight is 646 g/mol. The van der Waals surface area contributed by atoms with E-state index in [9.17, 15) is 29.1 Å². The minimum absolute atomic E-state index is 0.0382. The Bertz CT molecular complexity index is 1830. The highest BCUT2D eigenvalue weighted by Crippen LogP contribution is 2.38. The van der Waals surface area contributed by atoms with Crippen molar-refractivity contribution in [2.75, 3.05) is 23.8 Å². The van der Waals surface area contributed by atoms with Crippen LogP contribution in [-0.4, -0.2) is 58.1 Å². The van der Waals surface area contributed by atoms with Crippen molar-refractivity contribution in [2.45, 2.75) is 43.9 Å². The van der Waals surface area contributed by atoms with Gasteiger partial charge >= 0.3 is 11.9 Å². The van der Waals surface area contributed by atoms with Gasteiger partial charge in [-0.3, -0.25) is 14.4 Å². The zero-order chi connectivity index (χ0) is 32.2. The summed E-state index contributed by atoms with van der Waals surface area (Å²) in [5.41, 5.74) is 1.90. The highest BCUT2D eigenvalue weighted by atomic mass is 32.2. The lowest BCUT2D eigenvalue weighted by Gasteiger charge is -2.25. The van der Waals surface area contributed by atoms with E-state index in [0.29, 0.717) is 51.4 Å². The van der Waals surface area contributed by atoms with Crippen LogP contribution in [0.1, 0.15) is 62.3 Å². The number of anilines is 2. The number of carbonyl (C=O) groups is 5. The van der Waals surface area contributed by atoms with Crippen molar-refractivity contribution < 1.29 is 33.8 Å². The molecule has 2 heterocycles. The molecule has 45 heavy (non-hydrogen) atoms. The van der Waals surface area contributed by atoms with Crippen LogP contribution in [0.3, 0.4) is 0 Å². The number of fused-ring (bicyclic) bond motifs is 2. The minimum Gasteiger partial charge on any atom is -0.478 e. The summed E-state index contributed by atoms with van der Waals surface area (Å²) in [5.74, 6) is -2.46. The van der Waals surface area contributed by atoms with Crippen LogP contribution in [0, 0.1) is 0 Å². The average Bonchev–Trinajstić information content (AvgIpc) is 3.37. The van der Waals surface area contributed by atoms with Crippen molar-refractivity contribution >= 4 is 74.2 Å². The number of thioether (sulfide) groups is 1. The number of hydrogen-bond acceptors (Lipinski definition) is 8. The maximum absolute atomic E-state index is 13.3. The van der Waals surface area contributed by atoms with Gasteiger partial charge in [0.1, 0.15) is 5.00 Å². The van der Waals surface area contributed by atoms with Crippen molar-refractivity contribution in [3.05, 3.63) is 87.8 Å². The molecule has 1 aliphatic heterocycles. The van der Waals surface area contributed by atoms with E-state index in [4.69, 9.17) is 4.74 Å². The van der Waals surface area contributed by atoms with Crippen LogP contribution in [0.2, 0.25) is 0 Å². The van der Waals surface area contributed by atoms with E-state index in [1.807, 2.05) is 6.07 Å². The van der Waals surface area contributed by atoms with Crippen LogP contribution >= 0.6 is 23.1 Å². The fourth-order valence-electron chi connectivity index (χ4n) is 5.20. The fraction of sp³-hybridized carbons (Fsp3) is 0.242. The standard InChI is InChI=1S/C33H31N3O7S2/c1-4-43-33(42)28-23-14-15-36(19(3)37)17-26(23)45-31(28)35-29(38)18(2)44-22-11-7-10-21(16-22)34-30(39)24-12-5-8-20-9-6-13-25(27(20)24)32(40)41/h5-13,16,18H,4,14-15,17H2,1-3H3,(H,34,39)(H,35,38)(H,40,41). The second-order valence-electron chi connectivity index (χ2n) is 10.4. The summed E-state index contributed by atoms with van der Waals surface area (Å²) in [6, 6.07) is 16.9. The summed E-state index contributed by atoms with van der Waals surface area (Å²) in [6.45, 7) is 6.01. The summed E-state index contributed by atoms with van der Waals surface area (Å²) in [6.07, 6.45) is 0.495. The Labute approximate surface area is 267 Å². The number of carboxylic acids is 1. The largest absolute Gasteiger partial charge is 0.478 e. The molecule has 0 spiro atoms. The van der Waals surface area contributed by atoms with E-state index in [2.05, 4.69) is 10.6 Å². The molecule has 5 rings (SSSR count). The van der Waals surface area contributed by atoms with E-state index in [0.717, 1.165) is 10.4 Å². The van der Waals surface area contributed by atoms with Gasteiger partial charge in [0.15, 0.2) is 0 Å². The predicted octanol–water partition coefficient (Wildman–Crippen LogP) is 6.05. The van der Waals surface area contributed by atoms with Gasteiger partial charge in [0.25, 0.3) is 5.91 Å².